The molecule has 0 N–H and O–H groups in total. The summed E-state index contributed by atoms with van der Waals surface area (Å²) in [5, 5.41) is 0.758. The van der Waals surface area contributed by atoms with Gasteiger partial charge in [0.05, 0.1) is 6.61 Å². The number of nitrogens with zero attached hydrogens (tertiary/aromatic N) is 1. The summed E-state index contributed by atoms with van der Waals surface area (Å²) < 4.78 is 5.34. The Morgan fingerprint density at radius 1 is 1.43 bits per heavy atom. The van der Waals surface area contributed by atoms with Crippen molar-refractivity contribution in [3.05, 3.63) is 34.9 Å². The Hall–Kier alpha value is -1.02. The zero-order valence-electron chi connectivity index (χ0n) is 8.46. The smallest absolute Gasteiger partial charge is 0.187 e. The van der Waals surface area contributed by atoms with Crippen molar-refractivity contribution in [3.63, 3.8) is 0 Å². The van der Waals surface area contributed by atoms with Crippen LogP contribution in [0.5, 0.6) is 0 Å². The van der Waals surface area contributed by atoms with Crippen LogP contribution >= 0.6 is 11.6 Å². The summed E-state index contributed by atoms with van der Waals surface area (Å²) in [7, 11) is 1.72. The lowest BCUT2D eigenvalue weighted by molar-refractivity contribution is 0.319. The number of aliphatic imine (C=N–C) groups is 1. The van der Waals surface area contributed by atoms with Crippen LogP contribution in [0.25, 0.3) is 0 Å². The fraction of sp³-hybridized carbons (Fsp3) is 0.364. The van der Waals surface area contributed by atoms with Crippen LogP contribution in [0.15, 0.2) is 29.3 Å². The zero-order chi connectivity index (χ0) is 10.4. The van der Waals surface area contributed by atoms with Crippen LogP contribution in [-0.4, -0.2) is 19.6 Å². The highest BCUT2D eigenvalue weighted by molar-refractivity contribution is 6.31. The Kier molecular flexibility index (Phi) is 4.47. The highest BCUT2D eigenvalue weighted by Gasteiger charge is 2.04. The Morgan fingerprint density at radius 3 is 2.71 bits per heavy atom. The maximum Gasteiger partial charge on any atom is 0.187 e. The fourth-order valence-corrected chi connectivity index (χ4v) is 1.37. The molecule has 1 rings (SSSR count). The number of halogens is 1. The van der Waals surface area contributed by atoms with Crippen LogP contribution in [0, 0.1) is 0 Å². The van der Waals surface area contributed by atoms with Gasteiger partial charge in [0.1, 0.15) is 0 Å². The molecule has 0 aliphatic rings. The summed E-state index contributed by atoms with van der Waals surface area (Å²) in [6, 6.07) is 7.72. The van der Waals surface area contributed by atoms with Gasteiger partial charge in [-0.2, -0.15) is 0 Å². The van der Waals surface area contributed by atoms with Gasteiger partial charge in [-0.1, -0.05) is 29.8 Å². The molecule has 14 heavy (non-hydrogen) atoms. The molecule has 0 bridgehead atoms. The van der Waals surface area contributed by atoms with Crippen LogP contribution in [0.2, 0.25) is 5.02 Å². The fourth-order valence-electron chi connectivity index (χ4n) is 1.17. The number of rotatable bonds is 3. The molecule has 1 aromatic carbocycles. The normalized spacial score (nSPS) is 11.5. The van der Waals surface area contributed by atoms with Gasteiger partial charge in [0.15, 0.2) is 5.90 Å². The molecule has 0 aromatic heterocycles. The van der Waals surface area contributed by atoms with Crippen molar-refractivity contribution in [2.24, 2.45) is 4.99 Å². The first kappa shape index (κ1) is 11.1. The van der Waals surface area contributed by atoms with Crippen molar-refractivity contribution in [2.45, 2.75) is 13.3 Å². The second kappa shape index (κ2) is 5.66. The lowest BCUT2D eigenvalue weighted by atomic mass is 10.1. The van der Waals surface area contributed by atoms with Crippen LogP contribution < -0.4 is 0 Å². The summed E-state index contributed by atoms with van der Waals surface area (Å²) in [5.74, 6) is 0.723. The third-order valence-corrected chi connectivity index (χ3v) is 2.23. The molecule has 0 spiro atoms. The Labute approximate surface area is 89.6 Å². The van der Waals surface area contributed by atoms with E-state index >= 15 is 0 Å². The van der Waals surface area contributed by atoms with Crippen molar-refractivity contribution in [1.29, 1.82) is 0 Å². The van der Waals surface area contributed by atoms with E-state index in [1.165, 1.54) is 0 Å². The van der Waals surface area contributed by atoms with E-state index in [0.717, 1.165) is 16.5 Å². The summed E-state index contributed by atoms with van der Waals surface area (Å²) in [6.45, 7) is 2.58. The molecule has 0 saturated heterocycles. The molecule has 0 atom stereocenters. The second-order valence-corrected chi connectivity index (χ2v) is 3.23. The first-order chi connectivity index (χ1) is 6.77. The van der Waals surface area contributed by atoms with E-state index < -0.39 is 0 Å². The minimum atomic E-state index is 0.636. The van der Waals surface area contributed by atoms with Gasteiger partial charge in [-0.05, 0) is 18.6 Å². The molecule has 0 saturated carbocycles. The van der Waals surface area contributed by atoms with E-state index in [-0.39, 0.29) is 0 Å². The molecule has 0 fully saturated rings. The average Bonchev–Trinajstić information content (AvgIpc) is 2.20. The van der Waals surface area contributed by atoms with Gasteiger partial charge in [-0.25, -0.2) is 0 Å². The molecule has 2 nitrogen and oxygen atoms in total. The quantitative estimate of drug-likeness (QED) is 0.557. The van der Waals surface area contributed by atoms with E-state index in [1.54, 1.807) is 7.05 Å². The molecule has 0 aliphatic heterocycles. The zero-order valence-corrected chi connectivity index (χ0v) is 9.21. The summed E-state index contributed by atoms with van der Waals surface area (Å²) >= 11 is 6.01. The Bertz CT molecular complexity index is 323. The molecule has 3 heteroatoms. The second-order valence-electron chi connectivity index (χ2n) is 2.82. The molecule has 0 heterocycles. The molecular weight excluding hydrogens is 198 g/mol. The van der Waals surface area contributed by atoms with Crippen LogP contribution in [0.1, 0.15) is 12.5 Å². The predicted octanol–water partition coefficient (Wildman–Crippen LogP) is 2.95. The number of benzene rings is 1. The van der Waals surface area contributed by atoms with Crippen LogP contribution in [-0.2, 0) is 11.2 Å². The van der Waals surface area contributed by atoms with Gasteiger partial charge >= 0.3 is 0 Å². The maximum atomic E-state index is 6.01. The predicted molar refractivity (Wildman–Crippen MR) is 60.1 cm³/mol. The van der Waals surface area contributed by atoms with Crippen molar-refractivity contribution in [3.8, 4) is 0 Å². The molecule has 0 unspecified atom stereocenters. The topological polar surface area (TPSA) is 21.6 Å². The summed E-state index contributed by atoms with van der Waals surface area (Å²) in [6.07, 6.45) is 0.657. The molecule has 0 aliphatic carbocycles. The van der Waals surface area contributed by atoms with Gasteiger partial charge in [0.2, 0.25) is 0 Å². The van der Waals surface area contributed by atoms with E-state index in [2.05, 4.69) is 4.99 Å². The van der Waals surface area contributed by atoms with E-state index in [9.17, 15) is 0 Å². The third-order valence-electron chi connectivity index (χ3n) is 1.86. The highest BCUT2D eigenvalue weighted by atomic mass is 35.5. The minimum Gasteiger partial charge on any atom is -0.481 e. The first-order valence-corrected chi connectivity index (χ1v) is 4.97. The lowest BCUT2D eigenvalue weighted by Crippen LogP contribution is -2.08. The average molecular weight is 212 g/mol. The molecule has 1 aromatic rings. The van der Waals surface area contributed by atoms with E-state index in [4.69, 9.17) is 16.3 Å². The largest absolute Gasteiger partial charge is 0.481 e. The summed E-state index contributed by atoms with van der Waals surface area (Å²) in [4.78, 5) is 4.05. The van der Waals surface area contributed by atoms with Crippen molar-refractivity contribution in [1.82, 2.24) is 0 Å². The van der Waals surface area contributed by atoms with Gasteiger partial charge in [-0.15, -0.1) is 0 Å². The highest BCUT2D eigenvalue weighted by Crippen LogP contribution is 2.15. The van der Waals surface area contributed by atoms with Gasteiger partial charge < -0.3 is 4.74 Å². The van der Waals surface area contributed by atoms with Crippen molar-refractivity contribution < 1.29 is 4.74 Å². The van der Waals surface area contributed by atoms with Crippen LogP contribution in [0.4, 0.5) is 0 Å². The molecule has 0 radical (unpaired) electrons. The number of ether oxygens (including phenoxy) is 1. The maximum absolute atomic E-state index is 6.01. The SMILES string of the molecule is CCO/C(Cc1ccccc1Cl)=N/C. The van der Waals surface area contributed by atoms with Gasteiger partial charge in [-0.3, -0.25) is 4.99 Å². The summed E-state index contributed by atoms with van der Waals surface area (Å²) in [5.41, 5.74) is 1.04. The lowest BCUT2D eigenvalue weighted by Gasteiger charge is -2.07. The van der Waals surface area contributed by atoms with E-state index in [0.29, 0.717) is 13.0 Å². The van der Waals surface area contributed by atoms with Crippen molar-refractivity contribution >= 4 is 17.5 Å². The van der Waals surface area contributed by atoms with E-state index in [1.807, 2.05) is 31.2 Å². The van der Waals surface area contributed by atoms with Crippen LogP contribution in [0.3, 0.4) is 0 Å². The van der Waals surface area contributed by atoms with Gasteiger partial charge in [0, 0.05) is 18.5 Å². The Balaban J connectivity index is 2.72. The standard InChI is InChI=1S/C11H14ClNO/c1-3-14-11(13-2)8-9-6-4-5-7-10(9)12/h4-7H,3,8H2,1-2H3/b13-11+. The first-order valence-electron chi connectivity index (χ1n) is 4.59. The third kappa shape index (κ3) is 3.04. The minimum absolute atomic E-state index is 0.636. The monoisotopic (exact) mass is 211 g/mol. The molecule has 0 amide bonds. The number of hydrogen-bond acceptors (Lipinski definition) is 2. The Morgan fingerprint density at radius 2 is 2.14 bits per heavy atom. The number of hydrogen-bond donors (Lipinski definition) is 0. The molecule has 76 valence electrons. The van der Waals surface area contributed by atoms with Crippen molar-refractivity contribution in [2.75, 3.05) is 13.7 Å². The molecular formula is C11H14ClNO. The van der Waals surface area contributed by atoms with Gasteiger partial charge in [0.25, 0.3) is 0 Å².